The van der Waals surface area contributed by atoms with Gasteiger partial charge in [-0.25, -0.2) is 4.79 Å². The minimum Gasteiger partial charge on any atom is -0.444 e. The number of nitrogens with one attached hydrogen (secondary N) is 1. The molecule has 2 N–H and O–H groups in total. The molecule has 2 atom stereocenters. The molecular weight excluding hydrogens is 244 g/mol. The van der Waals surface area contributed by atoms with E-state index in [0.717, 1.165) is 6.42 Å². The highest BCUT2D eigenvalue weighted by Crippen LogP contribution is 2.41. The van der Waals surface area contributed by atoms with Gasteiger partial charge in [0.2, 0.25) is 0 Å². The average Bonchev–Trinajstić information content (AvgIpc) is 2.17. The molecule has 2 rings (SSSR count). The Labute approximate surface area is 115 Å². The fraction of sp³-hybridized carbons (Fsp3) is 0.929. The molecule has 0 aromatic carbocycles. The first-order valence-electron chi connectivity index (χ1n) is 7.01. The minimum absolute atomic E-state index is 0.0632. The van der Waals surface area contributed by atoms with Crippen LogP contribution in [0.4, 0.5) is 4.79 Å². The highest BCUT2D eigenvalue weighted by atomic mass is 16.6. The van der Waals surface area contributed by atoms with Crippen LogP contribution in [0.3, 0.4) is 0 Å². The van der Waals surface area contributed by atoms with E-state index in [1.54, 1.807) is 4.90 Å². The van der Waals surface area contributed by atoms with E-state index in [1.807, 2.05) is 20.8 Å². The third kappa shape index (κ3) is 3.03. The molecule has 19 heavy (non-hydrogen) atoms. The molecule has 0 radical (unpaired) electrons. The van der Waals surface area contributed by atoms with Crippen molar-refractivity contribution in [2.75, 3.05) is 13.1 Å². The third-order valence-electron chi connectivity index (χ3n) is 4.19. The van der Waals surface area contributed by atoms with Crippen LogP contribution in [0.5, 0.6) is 0 Å². The molecule has 2 fully saturated rings. The Balaban J connectivity index is 1.71. The van der Waals surface area contributed by atoms with Crippen LogP contribution in [0.15, 0.2) is 0 Å². The SMILES string of the molecule is CC(C)(C)OC(=O)N1CC(NC2CC(O)C2(C)C)C1. The standard InChI is InChI=1S/C14H26N2O3/c1-13(2,3)19-12(18)16-7-9(8-16)15-10-6-11(17)14(10,4)5/h9-11,15,17H,6-8H2,1-5H3. The zero-order valence-electron chi connectivity index (χ0n) is 12.6. The first kappa shape index (κ1) is 14.6. The van der Waals surface area contributed by atoms with Gasteiger partial charge in [0, 0.05) is 30.6 Å². The zero-order chi connectivity index (χ0) is 14.4. The molecule has 1 saturated carbocycles. The summed E-state index contributed by atoms with van der Waals surface area (Å²) in [4.78, 5) is 13.5. The normalized spacial score (nSPS) is 30.5. The summed E-state index contributed by atoms with van der Waals surface area (Å²) < 4.78 is 5.31. The van der Waals surface area contributed by atoms with Crippen LogP contribution in [0.1, 0.15) is 41.0 Å². The van der Waals surface area contributed by atoms with Gasteiger partial charge in [-0.3, -0.25) is 0 Å². The molecular formula is C14H26N2O3. The second kappa shape index (κ2) is 4.63. The van der Waals surface area contributed by atoms with Crippen LogP contribution < -0.4 is 5.32 Å². The summed E-state index contributed by atoms with van der Waals surface area (Å²) in [6.45, 7) is 11.2. The van der Waals surface area contributed by atoms with Crippen LogP contribution in [-0.4, -0.2) is 53.0 Å². The van der Waals surface area contributed by atoms with Gasteiger partial charge in [0.1, 0.15) is 5.60 Å². The van der Waals surface area contributed by atoms with Gasteiger partial charge in [-0.1, -0.05) is 13.8 Å². The van der Waals surface area contributed by atoms with Gasteiger partial charge in [0.25, 0.3) is 0 Å². The Morgan fingerprint density at radius 2 is 1.95 bits per heavy atom. The lowest BCUT2D eigenvalue weighted by Crippen LogP contribution is -2.68. The molecule has 1 amide bonds. The number of ether oxygens (including phenoxy) is 1. The molecule has 0 spiro atoms. The topological polar surface area (TPSA) is 61.8 Å². The van der Waals surface area contributed by atoms with Gasteiger partial charge in [-0.2, -0.15) is 0 Å². The van der Waals surface area contributed by atoms with Gasteiger partial charge >= 0.3 is 6.09 Å². The number of carbonyl (C=O) groups excluding carboxylic acids is 1. The Morgan fingerprint density at radius 3 is 2.37 bits per heavy atom. The summed E-state index contributed by atoms with van der Waals surface area (Å²) in [5.41, 5.74) is -0.498. The van der Waals surface area contributed by atoms with E-state index in [2.05, 4.69) is 19.2 Å². The maximum Gasteiger partial charge on any atom is 0.410 e. The summed E-state index contributed by atoms with van der Waals surface area (Å²) in [7, 11) is 0. The summed E-state index contributed by atoms with van der Waals surface area (Å²) >= 11 is 0. The van der Waals surface area contributed by atoms with Crippen molar-refractivity contribution in [3.05, 3.63) is 0 Å². The fourth-order valence-electron chi connectivity index (χ4n) is 2.53. The van der Waals surface area contributed by atoms with E-state index < -0.39 is 5.60 Å². The minimum atomic E-state index is -0.435. The fourth-order valence-corrected chi connectivity index (χ4v) is 2.53. The maximum atomic E-state index is 11.8. The molecule has 2 unspecified atom stereocenters. The van der Waals surface area contributed by atoms with Crippen molar-refractivity contribution in [2.45, 2.75) is 64.8 Å². The van der Waals surface area contributed by atoms with E-state index in [0.29, 0.717) is 25.2 Å². The van der Waals surface area contributed by atoms with Crippen molar-refractivity contribution >= 4 is 6.09 Å². The maximum absolute atomic E-state index is 11.8. The van der Waals surface area contributed by atoms with Crippen molar-refractivity contribution in [1.29, 1.82) is 0 Å². The van der Waals surface area contributed by atoms with Crippen molar-refractivity contribution in [3.8, 4) is 0 Å². The number of carbonyl (C=O) groups is 1. The molecule has 1 saturated heterocycles. The number of rotatable bonds is 2. The molecule has 110 valence electrons. The number of hydrogen-bond acceptors (Lipinski definition) is 4. The molecule has 0 bridgehead atoms. The number of aliphatic hydroxyl groups excluding tert-OH is 1. The molecule has 5 nitrogen and oxygen atoms in total. The van der Waals surface area contributed by atoms with Crippen LogP contribution in [0, 0.1) is 5.41 Å². The van der Waals surface area contributed by atoms with Crippen LogP contribution >= 0.6 is 0 Å². The van der Waals surface area contributed by atoms with Gasteiger partial charge < -0.3 is 20.1 Å². The van der Waals surface area contributed by atoms with E-state index >= 15 is 0 Å². The molecule has 1 heterocycles. The average molecular weight is 270 g/mol. The Hall–Kier alpha value is -0.810. The number of aliphatic hydroxyl groups is 1. The summed E-state index contributed by atoms with van der Waals surface area (Å²) in [5.74, 6) is 0. The Kier molecular flexibility index (Phi) is 3.56. The Bertz CT molecular complexity index is 356. The predicted molar refractivity (Wildman–Crippen MR) is 72.9 cm³/mol. The largest absolute Gasteiger partial charge is 0.444 e. The third-order valence-corrected chi connectivity index (χ3v) is 4.19. The quantitative estimate of drug-likeness (QED) is 0.795. The predicted octanol–water partition coefficient (Wildman–Crippen LogP) is 1.35. The van der Waals surface area contributed by atoms with E-state index in [-0.39, 0.29) is 17.6 Å². The highest BCUT2D eigenvalue weighted by molar-refractivity contribution is 5.69. The first-order chi connectivity index (χ1) is 8.59. The highest BCUT2D eigenvalue weighted by Gasteiger charge is 2.49. The lowest BCUT2D eigenvalue weighted by Gasteiger charge is -2.53. The molecule has 5 heteroatoms. The van der Waals surface area contributed by atoms with Gasteiger partial charge in [0.15, 0.2) is 0 Å². The second-order valence-electron chi connectivity index (χ2n) is 7.37. The summed E-state index contributed by atoms with van der Waals surface area (Å²) in [6.07, 6.45) is 0.348. The van der Waals surface area contributed by atoms with Gasteiger partial charge in [0.05, 0.1) is 6.10 Å². The number of hydrogen-bond donors (Lipinski definition) is 2. The van der Waals surface area contributed by atoms with Gasteiger partial charge in [-0.15, -0.1) is 0 Å². The van der Waals surface area contributed by atoms with Crippen molar-refractivity contribution in [1.82, 2.24) is 10.2 Å². The summed E-state index contributed by atoms with van der Waals surface area (Å²) in [6, 6.07) is 0.664. The van der Waals surface area contributed by atoms with E-state index in [1.165, 1.54) is 0 Å². The van der Waals surface area contributed by atoms with Crippen LogP contribution in [-0.2, 0) is 4.74 Å². The lowest BCUT2D eigenvalue weighted by molar-refractivity contribution is -0.0830. The molecule has 0 aromatic heterocycles. The van der Waals surface area contributed by atoms with E-state index in [4.69, 9.17) is 4.74 Å². The smallest absolute Gasteiger partial charge is 0.410 e. The first-order valence-corrected chi connectivity index (χ1v) is 7.01. The Morgan fingerprint density at radius 1 is 1.37 bits per heavy atom. The van der Waals surface area contributed by atoms with Crippen molar-refractivity contribution in [2.24, 2.45) is 5.41 Å². The number of amides is 1. The van der Waals surface area contributed by atoms with Crippen molar-refractivity contribution < 1.29 is 14.6 Å². The monoisotopic (exact) mass is 270 g/mol. The zero-order valence-corrected chi connectivity index (χ0v) is 12.6. The van der Waals surface area contributed by atoms with Crippen molar-refractivity contribution in [3.63, 3.8) is 0 Å². The van der Waals surface area contributed by atoms with E-state index in [9.17, 15) is 9.90 Å². The lowest BCUT2D eigenvalue weighted by atomic mass is 9.64. The van der Waals surface area contributed by atoms with Gasteiger partial charge in [-0.05, 0) is 27.2 Å². The summed E-state index contributed by atoms with van der Waals surface area (Å²) in [5, 5.41) is 13.2. The number of nitrogens with zero attached hydrogens (tertiary/aromatic N) is 1. The molecule has 2 aliphatic rings. The number of likely N-dealkylation sites (tertiary alicyclic amines) is 1. The second-order valence-corrected chi connectivity index (χ2v) is 7.37. The van der Waals surface area contributed by atoms with Crippen LogP contribution in [0.2, 0.25) is 0 Å². The molecule has 1 aliphatic heterocycles. The van der Waals surface area contributed by atoms with Crippen LogP contribution in [0.25, 0.3) is 0 Å². The molecule has 0 aromatic rings. The molecule has 1 aliphatic carbocycles.